The smallest absolute Gasteiger partial charge is 0.254 e. The molecule has 1 heterocycles. The molecule has 3 rings (SSSR count). The van der Waals surface area contributed by atoms with Crippen molar-refractivity contribution in [1.82, 2.24) is 4.90 Å². The van der Waals surface area contributed by atoms with Crippen molar-refractivity contribution in [1.29, 1.82) is 0 Å². The van der Waals surface area contributed by atoms with E-state index in [1.807, 2.05) is 17.0 Å². The highest BCUT2D eigenvalue weighted by Crippen LogP contribution is 2.28. The first kappa shape index (κ1) is 19.1. The molecule has 144 valence electrons. The molecule has 1 aliphatic heterocycles. The summed E-state index contributed by atoms with van der Waals surface area (Å²) in [5.74, 6) is 1.71. The molecule has 0 unspecified atom stereocenters. The number of carbonyl (C=O) groups is 1. The molecule has 0 bridgehead atoms. The fraction of sp³-hybridized carbons (Fsp3) is 0.409. The van der Waals surface area contributed by atoms with E-state index in [2.05, 4.69) is 12.1 Å². The molecule has 2 aromatic rings. The number of hydrogen-bond donors (Lipinski definition) is 1. The van der Waals surface area contributed by atoms with Crippen molar-refractivity contribution in [2.24, 2.45) is 5.92 Å². The van der Waals surface area contributed by atoms with Crippen LogP contribution in [0.15, 0.2) is 42.5 Å². The quantitative estimate of drug-likeness (QED) is 0.839. The summed E-state index contributed by atoms with van der Waals surface area (Å²) < 4.78 is 10.3. The first-order chi connectivity index (χ1) is 13.1. The van der Waals surface area contributed by atoms with Crippen LogP contribution in [0.1, 0.15) is 35.2 Å². The second-order valence-corrected chi connectivity index (χ2v) is 7.04. The Hall–Kier alpha value is -2.69. The predicted molar refractivity (Wildman–Crippen MR) is 105 cm³/mol. The fourth-order valence-corrected chi connectivity index (χ4v) is 3.69. The molecule has 0 aromatic heterocycles. The number of phenolic OH excluding ortho intramolecular Hbond substituents is 1. The summed E-state index contributed by atoms with van der Waals surface area (Å²) in [4.78, 5) is 14.7. The average molecular weight is 369 g/mol. The van der Waals surface area contributed by atoms with E-state index in [0.717, 1.165) is 44.5 Å². The maximum Gasteiger partial charge on any atom is 0.254 e. The Morgan fingerprint density at radius 2 is 2.04 bits per heavy atom. The van der Waals surface area contributed by atoms with E-state index in [-0.39, 0.29) is 11.7 Å². The van der Waals surface area contributed by atoms with Gasteiger partial charge in [0.2, 0.25) is 0 Å². The summed E-state index contributed by atoms with van der Waals surface area (Å²) in [5, 5.41) is 9.94. The van der Waals surface area contributed by atoms with Crippen molar-refractivity contribution in [3.8, 4) is 17.2 Å². The third-order valence-corrected chi connectivity index (χ3v) is 5.21. The van der Waals surface area contributed by atoms with Gasteiger partial charge in [0.05, 0.1) is 14.2 Å². The molecular weight excluding hydrogens is 342 g/mol. The first-order valence-corrected chi connectivity index (χ1v) is 9.40. The van der Waals surface area contributed by atoms with Crippen LogP contribution in [0.4, 0.5) is 0 Å². The van der Waals surface area contributed by atoms with Crippen LogP contribution in [-0.2, 0) is 6.42 Å². The van der Waals surface area contributed by atoms with E-state index >= 15 is 0 Å². The molecule has 0 aliphatic carbocycles. The van der Waals surface area contributed by atoms with E-state index in [1.54, 1.807) is 19.2 Å². The lowest BCUT2D eigenvalue weighted by atomic mass is 9.91. The monoisotopic (exact) mass is 369 g/mol. The minimum Gasteiger partial charge on any atom is -0.504 e. The summed E-state index contributed by atoms with van der Waals surface area (Å²) in [6.45, 7) is 1.52. The highest BCUT2D eigenvalue weighted by atomic mass is 16.5. The minimum atomic E-state index is -0.0287. The number of nitrogens with zero attached hydrogens (tertiary/aromatic N) is 1. The lowest BCUT2D eigenvalue weighted by Crippen LogP contribution is -2.40. The number of likely N-dealkylation sites (tertiary alicyclic amines) is 1. The van der Waals surface area contributed by atoms with Crippen molar-refractivity contribution < 1.29 is 19.4 Å². The fourth-order valence-electron chi connectivity index (χ4n) is 3.69. The Morgan fingerprint density at radius 1 is 1.19 bits per heavy atom. The van der Waals surface area contributed by atoms with Crippen LogP contribution in [0.5, 0.6) is 17.2 Å². The summed E-state index contributed by atoms with van der Waals surface area (Å²) in [7, 11) is 3.18. The average Bonchev–Trinajstić information content (AvgIpc) is 2.72. The number of methoxy groups -OCH3 is 2. The van der Waals surface area contributed by atoms with Gasteiger partial charge in [0.15, 0.2) is 11.5 Å². The number of aryl methyl sites for hydroxylation is 1. The zero-order chi connectivity index (χ0) is 19.2. The lowest BCUT2D eigenvalue weighted by molar-refractivity contribution is 0.0668. The van der Waals surface area contributed by atoms with Crippen molar-refractivity contribution in [2.45, 2.75) is 25.7 Å². The summed E-state index contributed by atoms with van der Waals surface area (Å²) in [5.41, 5.74) is 1.76. The van der Waals surface area contributed by atoms with E-state index in [9.17, 15) is 9.90 Å². The molecule has 0 radical (unpaired) electrons. The zero-order valence-corrected chi connectivity index (χ0v) is 16.0. The number of rotatable bonds is 6. The number of ether oxygens (including phenoxy) is 2. The third-order valence-electron chi connectivity index (χ3n) is 5.21. The minimum absolute atomic E-state index is 0.00469. The van der Waals surface area contributed by atoms with Gasteiger partial charge in [0, 0.05) is 18.7 Å². The van der Waals surface area contributed by atoms with Gasteiger partial charge in [-0.3, -0.25) is 4.79 Å². The Labute approximate surface area is 160 Å². The van der Waals surface area contributed by atoms with Gasteiger partial charge < -0.3 is 19.5 Å². The lowest BCUT2D eigenvalue weighted by Gasteiger charge is -2.33. The van der Waals surface area contributed by atoms with Crippen molar-refractivity contribution in [3.05, 3.63) is 53.6 Å². The van der Waals surface area contributed by atoms with Crippen molar-refractivity contribution in [2.75, 3.05) is 27.3 Å². The number of phenols is 1. The molecule has 1 atom stereocenters. The van der Waals surface area contributed by atoms with Crippen LogP contribution in [-0.4, -0.2) is 43.2 Å². The highest BCUT2D eigenvalue weighted by molar-refractivity contribution is 5.95. The maximum absolute atomic E-state index is 12.8. The number of aromatic hydroxyl groups is 1. The predicted octanol–water partition coefficient (Wildman–Crippen LogP) is 3.89. The summed E-state index contributed by atoms with van der Waals surface area (Å²) >= 11 is 0. The van der Waals surface area contributed by atoms with Crippen LogP contribution in [0.25, 0.3) is 0 Å². The SMILES string of the molecule is COc1cccc(CC[C@H]2CCCN(C(=O)c3ccc(OC)c(O)c3)C2)c1. The van der Waals surface area contributed by atoms with Gasteiger partial charge >= 0.3 is 0 Å². The van der Waals surface area contributed by atoms with Crippen LogP contribution in [0, 0.1) is 5.92 Å². The summed E-state index contributed by atoms with van der Waals surface area (Å²) in [6, 6.07) is 13.0. The number of carbonyl (C=O) groups excluding carboxylic acids is 1. The Bertz CT molecular complexity index is 790. The zero-order valence-electron chi connectivity index (χ0n) is 16.0. The Kier molecular flexibility index (Phi) is 6.22. The molecule has 1 fully saturated rings. The topological polar surface area (TPSA) is 59.0 Å². The normalized spacial score (nSPS) is 16.8. The van der Waals surface area contributed by atoms with Gasteiger partial charge in [-0.15, -0.1) is 0 Å². The molecule has 2 aromatic carbocycles. The molecule has 1 aliphatic rings. The van der Waals surface area contributed by atoms with Crippen LogP contribution < -0.4 is 9.47 Å². The van der Waals surface area contributed by atoms with Crippen LogP contribution in [0.2, 0.25) is 0 Å². The molecule has 0 saturated carbocycles. The van der Waals surface area contributed by atoms with Crippen LogP contribution in [0.3, 0.4) is 0 Å². The van der Waals surface area contributed by atoms with Crippen molar-refractivity contribution in [3.63, 3.8) is 0 Å². The standard InChI is InChI=1S/C22H27NO4/c1-26-19-7-3-5-16(13-19)8-9-17-6-4-12-23(15-17)22(25)18-10-11-21(27-2)20(24)14-18/h3,5,7,10-11,13-14,17,24H,4,6,8-9,12,15H2,1-2H3/t17-/m1/s1. The number of hydrogen-bond acceptors (Lipinski definition) is 4. The van der Waals surface area contributed by atoms with E-state index in [0.29, 0.717) is 17.2 Å². The second-order valence-electron chi connectivity index (χ2n) is 7.04. The molecule has 0 spiro atoms. The van der Waals surface area contributed by atoms with Gasteiger partial charge in [-0.25, -0.2) is 0 Å². The van der Waals surface area contributed by atoms with Crippen LogP contribution >= 0.6 is 0 Å². The molecule has 5 heteroatoms. The second kappa shape index (κ2) is 8.80. The molecule has 1 saturated heterocycles. The third kappa shape index (κ3) is 4.73. The number of piperidine rings is 1. The number of benzene rings is 2. The number of amides is 1. The van der Waals surface area contributed by atoms with Gasteiger partial charge in [-0.1, -0.05) is 12.1 Å². The van der Waals surface area contributed by atoms with Gasteiger partial charge in [-0.2, -0.15) is 0 Å². The molecule has 1 N–H and O–H groups in total. The maximum atomic E-state index is 12.8. The van der Waals surface area contributed by atoms with Gasteiger partial charge in [0.25, 0.3) is 5.91 Å². The van der Waals surface area contributed by atoms with E-state index < -0.39 is 0 Å². The molecule has 1 amide bonds. The largest absolute Gasteiger partial charge is 0.504 e. The Balaban J connectivity index is 1.60. The van der Waals surface area contributed by atoms with Gasteiger partial charge in [-0.05, 0) is 67.5 Å². The summed E-state index contributed by atoms with van der Waals surface area (Å²) in [6.07, 6.45) is 4.18. The molecule has 27 heavy (non-hydrogen) atoms. The Morgan fingerprint density at radius 3 is 2.78 bits per heavy atom. The highest BCUT2D eigenvalue weighted by Gasteiger charge is 2.25. The van der Waals surface area contributed by atoms with Crippen molar-refractivity contribution >= 4 is 5.91 Å². The first-order valence-electron chi connectivity index (χ1n) is 9.40. The van der Waals surface area contributed by atoms with E-state index in [1.165, 1.54) is 18.7 Å². The molecule has 5 nitrogen and oxygen atoms in total. The van der Waals surface area contributed by atoms with Gasteiger partial charge in [0.1, 0.15) is 5.75 Å². The van der Waals surface area contributed by atoms with E-state index in [4.69, 9.17) is 9.47 Å². The molecular formula is C22H27NO4.